The lowest BCUT2D eigenvalue weighted by atomic mass is 9.72. The Kier molecular flexibility index (Phi) is 12.0. The number of aliphatic carboxylic acids is 2. The Bertz CT molecular complexity index is 1440. The van der Waals surface area contributed by atoms with Gasteiger partial charge >= 0.3 is 18.0 Å². The number of rotatable bonds is 15. The van der Waals surface area contributed by atoms with Gasteiger partial charge in [0.05, 0.1) is 5.41 Å². The maximum atomic E-state index is 13.7. The minimum Gasteiger partial charge on any atom is -0.481 e. The van der Waals surface area contributed by atoms with Crippen LogP contribution in [0.4, 0.5) is 4.79 Å². The van der Waals surface area contributed by atoms with E-state index in [9.17, 15) is 34.2 Å². The Balaban J connectivity index is 1.62. The number of nitrogens with zero attached hydrogens (tertiary/aromatic N) is 1. The van der Waals surface area contributed by atoms with Crippen LogP contribution in [-0.2, 0) is 43.4 Å². The molecule has 4 rings (SSSR count). The predicted octanol–water partition coefficient (Wildman–Crippen LogP) is 3.81. The number of amides is 3. The second-order valence-electron chi connectivity index (χ2n) is 11.5. The number of alkyl carbamates (subject to hydrolysis) is 1. The van der Waals surface area contributed by atoms with Gasteiger partial charge in [0.2, 0.25) is 11.8 Å². The number of carboxylic acids is 2. The van der Waals surface area contributed by atoms with E-state index in [2.05, 4.69) is 10.6 Å². The Morgan fingerprint density at radius 2 is 1.37 bits per heavy atom. The molecule has 3 aromatic rings. The highest BCUT2D eigenvalue weighted by molar-refractivity contribution is 6.01. The van der Waals surface area contributed by atoms with Crippen molar-refractivity contribution >= 4 is 29.8 Å². The molecule has 1 aliphatic heterocycles. The molecular formula is C35H39N3O8. The summed E-state index contributed by atoms with van der Waals surface area (Å²) < 4.78 is 5.17. The monoisotopic (exact) mass is 629 g/mol. The van der Waals surface area contributed by atoms with Gasteiger partial charge in [-0.2, -0.15) is 0 Å². The average molecular weight is 630 g/mol. The lowest BCUT2D eigenvalue weighted by Crippen LogP contribution is -2.55. The first-order chi connectivity index (χ1) is 22.2. The number of imide groups is 1. The predicted molar refractivity (Wildman–Crippen MR) is 169 cm³/mol. The summed E-state index contributed by atoms with van der Waals surface area (Å²) in [5.74, 6) is -4.54. The molecule has 3 amide bonds. The number of carboxylic acid groups (broad SMARTS) is 2. The first kappa shape index (κ1) is 33.9. The minimum atomic E-state index is -1.83. The topological polar surface area (TPSA) is 162 Å². The maximum absolute atomic E-state index is 13.7. The summed E-state index contributed by atoms with van der Waals surface area (Å²) in [6.07, 6.45) is -0.267. The summed E-state index contributed by atoms with van der Waals surface area (Å²) in [7, 11) is 0. The molecule has 0 bridgehead atoms. The molecule has 242 valence electrons. The Morgan fingerprint density at radius 1 is 0.826 bits per heavy atom. The van der Waals surface area contributed by atoms with Gasteiger partial charge in [-0.1, -0.05) is 91.0 Å². The van der Waals surface area contributed by atoms with Crippen molar-refractivity contribution < 1.29 is 38.9 Å². The van der Waals surface area contributed by atoms with Crippen molar-refractivity contribution in [2.45, 2.75) is 57.2 Å². The average Bonchev–Trinajstić information content (AvgIpc) is 3.56. The summed E-state index contributed by atoms with van der Waals surface area (Å²) in [4.78, 5) is 66.5. The van der Waals surface area contributed by atoms with Crippen LogP contribution in [0.1, 0.15) is 42.4 Å². The van der Waals surface area contributed by atoms with E-state index >= 15 is 0 Å². The van der Waals surface area contributed by atoms with E-state index in [0.717, 1.165) is 12.0 Å². The van der Waals surface area contributed by atoms with E-state index in [1.807, 2.05) is 6.07 Å². The number of benzene rings is 3. The van der Waals surface area contributed by atoms with Crippen LogP contribution >= 0.6 is 0 Å². The molecule has 1 unspecified atom stereocenters. The molecule has 1 heterocycles. The normalized spacial score (nSPS) is 15.0. The van der Waals surface area contributed by atoms with Crippen LogP contribution in [0.3, 0.4) is 0 Å². The molecular weight excluding hydrogens is 590 g/mol. The van der Waals surface area contributed by atoms with Gasteiger partial charge in [0.15, 0.2) is 0 Å². The van der Waals surface area contributed by atoms with E-state index in [1.54, 1.807) is 84.9 Å². The first-order valence-corrected chi connectivity index (χ1v) is 15.2. The van der Waals surface area contributed by atoms with Crippen LogP contribution in [-0.4, -0.2) is 70.1 Å². The van der Waals surface area contributed by atoms with Crippen molar-refractivity contribution in [3.05, 3.63) is 108 Å². The van der Waals surface area contributed by atoms with Crippen molar-refractivity contribution in [2.24, 2.45) is 5.41 Å². The summed E-state index contributed by atoms with van der Waals surface area (Å²) in [5, 5.41) is 26.7. The van der Waals surface area contributed by atoms with Crippen LogP contribution < -0.4 is 10.6 Å². The highest BCUT2D eigenvalue weighted by atomic mass is 16.5. The minimum absolute atomic E-state index is 0.0493. The van der Waals surface area contributed by atoms with Gasteiger partial charge < -0.3 is 25.6 Å². The standard InChI is InChI=1S/C35H39N3O8/c39-30(19-28-17-10-18-36-28)38(31(40)23-37-34(45)46-24-27-15-8-3-9-16-27)29(32(41)42)22-35(33(43)44,20-25-11-4-1-5-12-25)21-26-13-6-2-7-14-26/h1-9,11-16,28-29,36H,10,17-24H2,(H,37,45)(H,41,42)(H,43,44)/t28?,29-/m0/s1. The smallest absolute Gasteiger partial charge is 0.407 e. The van der Waals surface area contributed by atoms with Gasteiger partial charge in [-0.25, -0.2) is 9.59 Å². The number of nitrogens with one attached hydrogen (secondary N) is 2. The molecule has 1 aliphatic rings. The first-order valence-electron chi connectivity index (χ1n) is 15.2. The summed E-state index contributed by atoms with van der Waals surface area (Å²) in [6, 6.07) is 24.4. The Labute approximate surface area is 267 Å². The molecule has 4 N–H and O–H groups in total. The molecule has 46 heavy (non-hydrogen) atoms. The number of hydrogen-bond donors (Lipinski definition) is 4. The molecule has 11 nitrogen and oxygen atoms in total. The molecule has 0 spiro atoms. The third-order valence-corrected chi connectivity index (χ3v) is 8.12. The quantitative estimate of drug-likeness (QED) is 0.196. The van der Waals surface area contributed by atoms with Crippen LogP contribution in [0.2, 0.25) is 0 Å². The summed E-state index contributed by atoms with van der Waals surface area (Å²) >= 11 is 0. The second-order valence-corrected chi connectivity index (χ2v) is 11.5. The lowest BCUT2D eigenvalue weighted by molar-refractivity contribution is -0.163. The van der Waals surface area contributed by atoms with E-state index in [0.29, 0.717) is 29.0 Å². The zero-order valence-electron chi connectivity index (χ0n) is 25.5. The summed E-state index contributed by atoms with van der Waals surface area (Å²) in [6.45, 7) is -0.104. The zero-order chi connectivity index (χ0) is 32.9. The SMILES string of the molecule is O=C(NCC(=O)N(C(=O)CC1CCCN1)[C@@H](CC(Cc1ccccc1)(Cc1ccccc1)C(=O)O)C(=O)O)OCc1ccccc1. The fourth-order valence-corrected chi connectivity index (χ4v) is 5.81. The van der Waals surface area contributed by atoms with Crippen molar-refractivity contribution in [1.29, 1.82) is 0 Å². The Morgan fingerprint density at radius 3 is 1.85 bits per heavy atom. The van der Waals surface area contributed by atoms with Crippen LogP contribution in [0.5, 0.6) is 0 Å². The molecule has 0 aromatic heterocycles. The van der Waals surface area contributed by atoms with Gasteiger partial charge in [-0.3, -0.25) is 19.3 Å². The Hall–Kier alpha value is -5.03. The molecule has 3 aromatic carbocycles. The van der Waals surface area contributed by atoms with E-state index in [-0.39, 0.29) is 31.9 Å². The largest absolute Gasteiger partial charge is 0.481 e. The van der Waals surface area contributed by atoms with E-state index in [4.69, 9.17) is 4.74 Å². The third kappa shape index (κ3) is 9.48. The molecule has 1 fully saturated rings. The van der Waals surface area contributed by atoms with Gasteiger partial charge in [0.1, 0.15) is 19.2 Å². The number of carbonyl (C=O) groups is 5. The fraction of sp³-hybridized carbons (Fsp3) is 0.343. The van der Waals surface area contributed by atoms with Crippen LogP contribution in [0, 0.1) is 5.41 Å². The fourth-order valence-electron chi connectivity index (χ4n) is 5.81. The van der Waals surface area contributed by atoms with E-state index in [1.165, 1.54) is 0 Å². The number of hydrogen-bond acceptors (Lipinski definition) is 7. The van der Waals surface area contributed by atoms with Crippen LogP contribution in [0.15, 0.2) is 91.0 Å². The molecule has 0 saturated carbocycles. The third-order valence-electron chi connectivity index (χ3n) is 8.12. The van der Waals surface area contributed by atoms with Gasteiger partial charge in [-0.05, 0) is 55.3 Å². The molecule has 11 heteroatoms. The highest BCUT2D eigenvalue weighted by Gasteiger charge is 2.47. The molecule has 0 aliphatic carbocycles. The lowest BCUT2D eigenvalue weighted by Gasteiger charge is -2.36. The van der Waals surface area contributed by atoms with Gasteiger partial charge in [-0.15, -0.1) is 0 Å². The molecule has 1 saturated heterocycles. The van der Waals surface area contributed by atoms with Gasteiger partial charge in [0, 0.05) is 12.5 Å². The molecule has 0 radical (unpaired) electrons. The zero-order valence-corrected chi connectivity index (χ0v) is 25.5. The number of ether oxygens (including phenoxy) is 1. The number of carbonyl (C=O) groups excluding carboxylic acids is 3. The van der Waals surface area contributed by atoms with Crippen molar-refractivity contribution in [2.75, 3.05) is 13.1 Å². The maximum Gasteiger partial charge on any atom is 0.407 e. The van der Waals surface area contributed by atoms with Crippen LogP contribution in [0.25, 0.3) is 0 Å². The van der Waals surface area contributed by atoms with E-state index < -0.39 is 54.3 Å². The van der Waals surface area contributed by atoms with Gasteiger partial charge in [0.25, 0.3) is 0 Å². The van der Waals surface area contributed by atoms with Crippen molar-refractivity contribution in [3.63, 3.8) is 0 Å². The highest BCUT2D eigenvalue weighted by Crippen LogP contribution is 2.36. The summed E-state index contributed by atoms with van der Waals surface area (Å²) in [5.41, 5.74) is 0.329. The van der Waals surface area contributed by atoms with Crippen molar-refractivity contribution in [3.8, 4) is 0 Å². The van der Waals surface area contributed by atoms with Crippen molar-refractivity contribution in [1.82, 2.24) is 15.5 Å². The molecule has 2 atom stereocenters. The second kappa shape index (κ2) is 16.3.